The first kappa shape index (κ1) is 17.7. The number of thioether (sulfide) groups is 1. The lowest BCUT2D eigenvalue weighted by molar-refractivity contribution is -0.207. The van der Waals surface area contributed by atoms with Gasteiger partial charge in [-0.15, -0.1) is 0 Å². The number of carbonyl (C=O) groups is 1. The number of aromatic nitrogens is 3. The van der Waals surface area contributed by atoms with E-state index in [4.69, 9.17) is 19.9 Å². The van der Waals surface area contributed by atoms with Crippen LogP contribution in [-0.4, -0.2) is 49.0 Å². The van der Waals surface area contributed by atoms with E-state index in [1.54, 1.807) is 6.92 Å². The van der Waals surface area contributed by atoms with Crippen molar-refractivity contribution in [2.24, 2.45) is 0 Å². The molecule has 2 saturated heterocycles. The molecule has 26 heavy (non-hydrogen) atoms. The average Bonchev–Trinajstić information content (AvgIpc) is 3.14. The molecule has 8 nitrogen and oxygen atoms in total. The second-order valence-corrected chi connectivity index (χ2v) is 8.46. The van der Waals surface area contributed by atoms with Crippen LogP contribution in [0.15, 0.2) is 18.6 Å². The number of nitrogen functional groups attached to an aromatic ring is 1. The summed E-state index contributed by atoms with van der Waals surface area (Å²) in [7, 11) is 0. The first-order chi connectivity index (χ1) is 12.2. The van der Waals surface area contributed by atoms with Gasteiger partial charge in [0.05, 0.1) is 5.39 Å². The van der Waals surface area contributed by atoms with Crippen molar-refractivity contribution in [3.63, 3.8) is 0 Å². The minimum Gasteiger partial charge on any atom is -0.383 e. The number of carbonyl (C=O) groups excluding carboxylic acids is 1. The molecule has 0 aliphatic carbocycles. The molecule has 0 radical (unpaired) electrons. The maximum atomic E-state index is 11.4. The van der Waals surface area contributed by atoms with Gasteiger partial charge in [-0.3, -0.25) is 4.79 Å². The molecule has 0 bridgehead atoms. The van der Waals surface area contributed by atoms with E-state index in [2.05, 4.69) is 9.97 Å². The summed E-state index contributed by atoms with van der Waals surface area (Å²) in [6.07, 6.45) is 2.22. The summed E-state index contributed by atoms with van der Waals surface area (Å²) in [6.45, 7) is 7.30. The van der Waals surface area contributed by atoms with E-state index in [1.807, 2.05) is 37.6 Å². The van der Waals surface area contributed by atoms with Gasteiger partial charge in [0.25, 0.3) is 0 Å². The van der Waals surface area contributed by atoms with Crippen molar-refractivity contribution in [2.45, 2.75) is 57.5 Å². The SMILES string of the molecule is CC(=O)SC[C@H]1O[C@@H](n2ccc3c(N)ncnc32)[C@@H]2OC(C)(C)O[C@]12C. The number of hydrogen-bond donors (Lipinski definition) is 1. The van der Waals surface area contributed by atoms with Crippen LogP contribution >= 0.6 is 11.8 Å². The van der Waals surface area contributed by atoms with Gasteiger partial charge in [-0.05, 0) is 26.8 Å². The summed E-state index contributed by atoms with van der Waals surface area (Å²) in [5.74, 6) is 0.175. The smallest absolute Gasteiger partial charge is 0.185 e. The van der Waals surface area contributed by atoms with Gasteiger partial charge in [-0.1, -0.05) is 11.8 Å². The Labute approximate surface area is 155 Å². The molecule has 2 aromatic heterocycles. The molecular formula is C17H22N4O4S. The molecule has 2 aliphatic rings. The monoisotopic (exact) mass is 378 g/mol. The standard InChI is InChI=1S/C17H22N4O4S/c1-9(22)26-7-11-17(4)12(24-16(2,3)25-17)15(23-11)21-6-5-10-13(18)19-8-20-14(10)21/h5-6,8,11-12,15H,7H2,1-4H3,(H2,18,19,20)/t11-,12+,15-,17-/m1/s1. The third kappa shape index (κ3) is 2.70. The predicted molar refractivity (Wildman–Crippen MR) is 97.4 cm³/mol. The summed E-state index contributed by atoms with van der Waals surface area (Å²) < 4.78 is 20.6. The molecule has 9 heteroatoms. The lowest BCUT2D eigenvalue weighted by Crippen LogP contribution is -2.44. The molecule has 2 fully saturated rings. The first-order valence-electron chi connectivity index (χ1n) is 8.45. The Morgan fingerprint density at radius 2 is 2.15 bits per heavy atom. The average molecular weight is 378 g/mol. The summed E-state index contributed by atoms with van der Waals surface area (Å²) in [4.78, 5) is 19.8. The molecule has 140 valence electrons. The first-order valence-corrected chi connectivity index (χ1v) is 9.44. The lowest BCUT2D eigenvalue weighted by atomic mass is 9.95. The molecule has 0 saturated carbocycles. The number of fused-ring (bicyclic) bond motifs is 2. The molecule has 2 N–H and O–H groups in total. The lowest BCUT2D eigenvalue weighted by Gasteiger charge is -2.28. The van der Waals surface area contributed by atoms with Gasteiger partial charge in [-0.25, -0.2) is 9.97 Å². The molecule has 0 unspecified atom stereocenters. The summed E-state index contributed by atoms with van der Waals surface area (Å²) in [5.41, 5.74) is 5.95. The summed E-state index contributed by atoms with van der Waals surface area (Å²) in [6, 6.07) is 1.87. The van der Waals surface area contributed by atoms with E-state index in [0.717, 1.165) is 5.39 Å². The fraction of sp³-hybridized carbons (Fsp3) is 0.588. The van der Waals surface area contributed by atoms with Crippen LogP contribution in [0, 0.1) is 0 Å². The minimum atomic E-state index is -0.739. The molecule has 2 aliphatic heterocycles. The number of hydrogen-bond acceptors (Lipinski definition) is 8. The van der Waals surface area contributed by atoms with Gasteiger partial charge in [0.1, 0.15) is 35.6 Å². The number of nitrogens with zero attached hydrogens (tertiary/aromatic N) is 3. The molecule has 4 atom stereocenters. The number of ether oxygens (including phenoxy) is 3. The van der Waals surface area contributed by atoms with Crippen molar-refractivity contribution < 1.29 is 19.0 Å². The van der Waals surface area contributed by atoms with Crippen molar-refractivity contribution >= 4 is 33.7 Å². The van der Waals surface area contributed by atoms with Crippen molar-refractivity contribution in [1.29, 1.82) is 0 Å². The van der Waals surface area contributed by atoms with Crippen molar-refractivity contribution in [2.75, 3.05) is 11.5 Å². The van der Waals surface area contributed by atoms with Gasteiger partial charge in [0.2, 0.25) is 0 Å². The number of nitrogens with two attached hydrogens (primary N) is 1. The van der Waals surface area contributed by atoms with Crippen molar-refractivity contribution in [1.82, 2.24) is 14.5 Å². The zero-order valence-corrected chi connectivity index (χ0v) is 15.9. The molecule has 0 aromatic carbocycles. The summed E-state index contributed by atoms with van der Waals surface area (Å²) in [5, 5.41) is 0.805. The molecule has 4 heterocycles. The topological polar surface area (TPSA) is 101 Å². The fourth-order valence-corrected chi connectivity index (χ4v) is 4.60. The van der Waals surface area contributed by atoms with Crippen molar-refractivity contribution in [3.8, 4) is 0 Å². The normalized spacial score (nSPS) is 32.8. The largest absolute Gasteiger partial charge is 0.383 e. The van der Waals surface area contributed by atoms with Gasteiger partial charge >= 0.3 is 0 Å². The third-order valence-electron chi connectivity index (χ3n) is 4.90. The van der Waals surface area contributed by atoms with E-state index < -0.39 is 17.6 Å². The second kappa shape index (κ2) is 5.91. The van der Waals surface area contributed by atoms with Crippen LogP contribution in [0.3, 0.4) is 0 Å². The molecule has 0 amide bonds. The van der Waals surface area contributed by atoms with Crippen LogP contribution in [0.5, 0.6) is 0 Å². The fourth-order valence-electron chi connectivity index (χ4n) is 3.80. The maximum absolute atomic E-state index is 11.4. The zero-order chi connectivity index (χ0) is 18.7. The maximum Gasteiger partial charge on any atom is 0.185 e. The summed E-state index contributed by atoms with van der Waals surface area (Å²) >= 11 is 1.23. The van der Waals surface area contributed by atoms with Crippen LogP contribution in [0.4, 0.5) is 5.82 Å². The minimum absolute atomic E-state index is 0.0438. The third-order valence-corrected chi connectivity index (χ3v) is 5.77. The van der Waals surface area contributed by atoms with E-state index in [-0.39, 0.29) is 17.3 Å². The van der Waals surface area contributed by atoms with E-state index in [1.165, 1.54) is 18.1 Å². The zero-order valence-electron chi connectivity index (χ0n) is 15.1. The van der Waals surface area contributed by atoms with Gasteiger partial charge in [0.15, 0.2) is 17.1 Å². The molecule has 2 aromatic rings. The van der Waals surface area contributed by atoms with Crippen LogP contribution < -0.4 is 5.73 Å². The number of rotatable bonds is 3. The van der Waals surface area contributed by atoms with Gasteiger partial charge in [-0.2, -0.15) is 0 Å². The Hall–Kier alpha value is -1.68. The Morgan fingerprint density at radius 1 is 1.38 bits per heavy atom. The van der Waals surface area contributed by atoms with E-state index in [9.17, 15) is 4.79 Å². The highest BCUT2D eigenvalue weighted by Crippen LogP contribution is 2.51. The van der Waals surface area contributed by atoms with Gasteiger partial charge < -0.3 is 24.5 Å². The highest BCUT2D eigenvalue weighted by Gasteiger charge is 2.63. The van der Waals surface area contributed by atoms with Gasteiger partial charge in [0, 0.05) is 18.9 Å². The Morgan fingerprint density at radius 3 is 2.88 bits per heavy atom. The van der Waals surface area contributed by atoms with Crippen molar-refractivity contribution in [3.05, 3.63) is 18.6 Å². The van der Waals surface area contributed by atoms with Crippen LogP contribution in [0.1, 0.15) is 33.9 Å². The Kier molecular flexibility index (Phi) is 4.03. The van der Waals surface area contributed by atoms with Crippen LogP contribution in [0.2, 0.25) is 0 Å². The van der Waals surface area contributed by atoms with E-state index >= 15 is 0 Å². The van der Waals surface area contributed by atoms with Crippen LogP contribution in [0.25, 0.3) is 11.0 Å². The molecule has 0 spiro atoms. The quantitative estimate of drug-likeness (QED) is 0.866. The molecular weight excluding hydrogens is 356 g/mol. The Bertz CT molecular complexity index is 870. The predicted octanol–water partition coefficient (Wildman–Crippen LogP) is 2.10. The van der Waals surface area contributed by atoms with Crippen LogP contribution in [-0.2, 0) is 19.0 Å². The Balaban J connectivity index is 1.74. The van der Waals surface area contributed by atoms with E-state index in [0.29, 0.717) is 17.2 Å². The molecule has 4 rings (SSSR count). The number of anilines is 1. The second-order valence-electron chi connectivity index (χ2n) is 7.26. The highest BCUT2D eigenvalue weighted by molar-refractivity contribution is 8.13. The highest BCUT2D eigenvalue weighted by atomic mass is 32.2.